The number of ether oxygens (including phenoxy) is 1. The van der Waals surface area contributed by atoms with Gasteiger partial charge in [-0.15, -0.1) is 0 Å². The number of methoxy groups -OCH3 is 1. The minimum Gasteiger partial charge on any atom is -0.396 e. The quantitative estimate of drug-likeness (QED) is 0.649. The summed E-state index contributed by atoms with van der Waals surface area (Å²) in [7, 11) is 3.41. The highest BCUT2D eigenvalue weighted by Crippen LogP contribution is 2.11. The highest BCUT2D eigenvalue weighted by molar-refractivity contribution is 5.42. The number of hydrogen-bond acceptors (Lipinski definition) is 6. The largest absolute Gasteiger partial charge is 0.396 e. The first-order chi connectivity index (χ1) is 8.19. The van der Waals surface area contributed by atoms with E-state index in [1.165, 1.54) is 0 Å². The first kappa shape index (κ1) is 13.7. The lowest BCUT2D eigenvalue weighted by Gasteiger charge is -2.18. The number of rotatable bonds is 7. The number of nitrogens with one attached hydrogen (secondary N) is 2. The van der Waals surface area contributed by atoms with Crippen molar-refractivity contribution in [3.63, 3.8) is 0 Å². The van der Waals surface area contributed by atoms with Crippen LogP contribution in [-0.4, -0.2) is 48.5 Å². The van der Waals surface area contributed by atoms with E-state index in [1.54, 1.807) is 14.2 Å². The number of aliphatic hydroxyl groups excluding tert-OH is 1. The van der Waals surface area contributed by atoms with Gasteiger partial charge in [0.05, 0.1) is 12.6 Å². The smallest absolute Gasteiger partial charge is 0.224 e. The standard InChI is InChI=1S/C11H20N4O2/c1-8-6-10(15-11(12-2)13-8)14-9(4-5-16)7-17-3/h6,9,16H,4-5,7H2,1-3H3,(H2,12,13,14,15). The van der Waals surface area contributed by atoms with Crippen molar-refractivity contribution in [2.75, 3.05) is 38.0 Å². The minimum atomic E-state index is 0.0454. The van der Waals surface area contributed by atoms with Crippen LogP contribution in [0.15, 0.2) is 6.07 Å². The van der Waals surface area contributed by atoms with Crippen LogP contribution in [0.5, 0.6) is 0 Å². The van der Waals surface area contributed by atoms with E-state index in [0.29, 0.717) is 19.0 Å². The van der Waals surface area contributed by atoms with Crippen LogP contribution in [0.4, 0.5) is 11.8 Å². The Morgan fingerprint density at radius 1 is 1.47 bits per heavy atom. The molecule has 6 heteroatoms. The highest BCUT2D eigenvalue weighted by Gasteiger charge is 2.09. The van der Waals surface area contributed by atoms with E-state index in [2.05, 4.69) is 20.6 Å². The van der Waals surface area contributed by atoms with Crippen LogP contribution in [0.3, 0.4) is 0 Å². The van der Waals surface area contributed by atoms with Gasteiger partial charge in [-0.05, 0) is 13.3 Å². The molecular formula is C11H20N4O2. The van der Waals surface area contributed by atoms with Crippen molar-refractivity contribution in [3.05, 3.63) is 11.8 Å². The average Bonchev–Trinajstić information content (AvgIpc) is 2.29. The summed E-state index contributed by atoms with van der Waals surface area (Å²) in [5, 5.41) is 15.1. The summed E-state index contributed by atoms with van der Waals surface area (Å²) >= 11 is 0. The second-order valence-corrected chi connectivity index (χ2v) is 3.78. The second-order valence-electron chi connectivity index (χ2n) is 3.78. The van der Waals surface area contributed by atoms with Crippen LogP contribution < -0.4 is 10.6 Å². The maximum atomic E-state index is 8.96. The zero-order valence-electron chi connectivity index (χ0n) is 10.5. The SMILES string of the molecule is CNc1nc(C)cc(NC(CCO)COC)n1. The molecule has 17 heavy (non-hydrogen) atoms. The van der Waals surface area contributed by atoms with E-state index >= 15 is 0 Å². The number of aryl methyl sites for hydroxylation is 1. The van der Waals surface area contributed by atoms with Gasteiger partial charge in [-0.1, -0.05) is 0 Å². The Bertz CT molecular complexity index is 340. The van der Waals surface area contributed by atoms with Gasteiger partial charge >= 0.3 is 0 Å². The fourth-order valence-electron chi connectivity index (χ4n) is 1.52. The van der Waals surface area contributed by atoms with Gasteiger partial charge in [-0.2, -0.15) is 4.98 Å². The first-order valence-electron chi connectivity index (χ1n) is 5.59. The molecule has 0 saturated heterocycles. The topological polar surface area (TPSA) is 79.3 Å². The molecule has 0 aliphatic carbocycles. The predicted molar refractivity (Wildman–Crippen MR) is 67.3 cm³/mol. The van der Waals surface area contributed by atoms with Crippen LogP contribution in [-0.2, 0) is 4.74 Å². The zero-order valence-corrected chi connectivity index (χ0v) is 10.5. The summed E-state index contributed by atoms with van der Waals surface area (Å²) in [6, 6.07) is 1.91. The third kappa shape index (κ3) is 4.54. The molecule has 1 unspecified atom stereocenters. The summed E-state index contributed by atoms with van der Waals surface area (Å²) < 4.78 is 5.08. The third-order valence-corrected chi connectivity index (χ3v) is 2.28. The Morgan fingerprint density at radius 2 is 2.24 bits per heavy atom. The molecule has 3 N–H and O–H groups in total. The number of nitrogens with zero attached hydrogens (tertiary/aromatic N) is 2. The van der Waals surface area contributed by atoms with Crippen molar-refractivity contribution in [2.24, 2.45) is 0 Å². The van der Waals surface area contributed by atoms with Crippen molar-refractivity contribution >= 4 is 11.8 Å². The molecule has 0 radical (unpaired) electrons. The van der Waals surface area contributed by atoms with Crippen molar-refractivity contribution in [3.8, 4) is 0 Å². The van der Waals surface area contributed by atoms with Crippen molar-refractivity contribution in [1.82, 2.24) is 9.97 Å². The van der Waals surface area contributed by atoms with Crippen LogP contribution >= 0.6 is 0 Å². The monoisotopic (exact) mass is 240 g/mol. The Hall–Kier alpha value is -1.40. The molecule has 1 heterocycles. The number of hydrogen-bond donors (Lipinski definition) is 3. The van der Waals surface area contributed by atoms with E-state index in [-0.39, 0.29) is 12.6 Å². The molecule has 0 amide bonds. The minimum absolute atomic E-state index is 0.0454. The van der Waals surface area contributed by atoms with Crippen molar-refractivity contribution < 1.29 is 9.84 Å². The van der Waals surface area contributed by atoms with E-state index in [4.69, 9.17) is 9.84 Å². The molecule has 96 valence electrons. The number of aliphatic hydroxyl groups is 1. The molecule has 0 saturated carbocycles. The molecule has 1 atom stereocenters. The van der Waals surface area contributed by atoms with Crippen LogP contribution in [0.1, 0.15) is 12.1 Å². The molecule has 0 spiro atoms. The molecule has 0 fully saturated rings. The summed E-state index contributed by atoms with van der Waals surface area (Å²) in [5.74, 6) is 1.31. The first-order valence-corrected chi connectivity index (χ1v) is 5.59. The molecule has 1 rings (SSSR count). The molecule has 0 aliphatic heterocycles. The van der Waals surface area contributed by atoms with Gasteiger partial charge in [-0.3, -0.25) is 0 Å². The molecule has 0 aromatic carbocycles. The zero-order chi connectivity index (χ0) is 12.7. The average molecular weight is 240 g/mol. The van der Waals surface area contributed by atoms with Crippen LogP contribution in [0.25, 0.3) is 0 Å². The van der Waals surface area contributed by atoms with Gasteiger partial charge in [0.1, 0.15) is 5.82 Å². The van der Waals surface area contributed by atoms with Crippen LogP contribution in [0.2, 0.25) is 0 Å². The van der Waals surface area contributed by atoms with E-state index < -0.39 is 0 Å². The molecule has 1 aromatic rings. The highest BCUT2D eigenvalue weighted by atomic mass is 16.5. The lowest BCUT2D eigenvalue weighted by molar-refractivity contribution is 0.170. The van der Waals surface area contributed by atoms with Crippen molar-refractivity contribution in [2.45, 2.75) is 19.4 Å². The predicted octanol–water partition coefficient (Wildman–Crippen LogP) is 0.636. The molecule has 1 aromatic heterocycles. The van der Waals surface area contributed by atoms with Gasteiger partial charge in [0.15, 0.2) is 0 Å². The van der Waals surface area contributed by atoms with Gasteiger partial charge in [-0.25, -0.2) is 4.98 Å². The second kappa shape index (κ2) is 7.03. The maximum Gasteiger partial charge on any atom is 0.224 e. The normalized spacial score (nSPS) is 12.2. The van der Waals surface area contributed by atoms with Gasteiger partial charge in [0, 0.05) is 32.5 Å². The van der Waals surface area contributed by atoms with Crippen molar-refractivity contribution in [1.29, 1.82) is 0 Å². The van der Waals surface area contributed by atoms with E-state index in [9.17, 15) is 0 Å². The lowest BCUT2D eigenvalue weighted by atomic mass is 10.2. The summed E-state index contributed by atoms with van der Waals surface area (Å²) in [6.07, 6.45) is 0.617. The fourth-order valence-corrected chi connectivity index (χ4v) is 1.52. The van der Waals surface area contributed by atoms with E-state index in [0.717, 1.165) is 11.5 Å². The number of aromatic nitrogens is 2. The Kier molecular flexibility index (Phi) is 5.65. The lowest BCUT2D eigenvalue weighted by Crippen LogP contribution is -2.26. The Morgan fingerprint density at radius 3 is 2.82 bits per heavy atom. The summed E-state index contributed by atoms with van der Waals surface area (Å²) in [5.41, 5.74) is 0.881. The maximum absolute atomic E-state index is 8.96. The van der Waals surface area contributed by atoms with Gasteiger partial charge < -0.3 is 20.5 Å². The Labute approximate surface area is 101 Å². The molecule has 0 bridgehead atoms. The van der Waals surface area contributed by atoms with E-state index in [1.807, 2.05) is 13.0 Å². The summed E-state index contributed by atoms with van der Waals surface area (Å²) in [4.78, 5) is 8.49. The molecular weight excluding hydrogens is 220 g/mol. The Balaban J connectivity index is 2.73. The molecule has 0 aliphatic rings. The fraction of sp³-hybridized carbons (Fsp3) is 0.636. The third-order valence-electron chi connectivity index (χ3n) is 2.28. The summed E-state index contributed by atoms with van der Waals surface area (Å²) in [6.45, 7) is 2.55. The molecule has 6 nitrogen and oxygen atoms in total. The van der Waals surface area contributed by atoms with Crippen LogP contribution in [0, 0.1) is 6.92 Å². The van der Waals surface area contributed by atoms with Gasteiger partial charge in [0.25, 0.3) is 0 Å². The van der Waals surface area contributed by atoms with Gasteiger partial charge in [0.2, 0.25) is 5.95 Å². The number of anilines is 2.